The van der Waals surface area contributed by atoms with Gasteiger partial charge in [0, 0.05) is 0 Å². The van der Waals surface area contributed by atoms with Gasteiger partial charge in [0.05, 0.1) is 0 Å². The van der Waals surface area contributed by atoms with E-state index in [0.29, 0.717) is 0 Å². The molecule has 9 heterocycles. The second kappa shape index (κ2) is 5.15. The van der Waals surface area contributed by atoms with Crippen molar-refractivity contribution < 1.29 is 0 Å². The fraction of sp³-hybridized carbons (Fsp3) is 0. The molecule has 37 heavy (non-hydrogen) atoms. The van der Waals surface area contributed by atoms with Crippen molar-refractivity contribution in [1.29, 1.82) is 0 Å². The third-order valence-corrected chi connectivity index (χ3v) is 26.4. The van der Waals surface area contributed by atoms with Crippen molar-refractivity contribution in [3.8, 4) is 5.69 Å². The Morgan fingerprint density at radius 1 is 0.730 bits per heavy atom. The van der Waals surface area contributed by atoms with Gasteiger partial charge in [0.2, 0.25) is 0 Å². The van der Waals surface area contributed by atoms with Gasteiger partial charge in [-0.1, -0.05) is 0 Å². The fourth-order valence-electron chi connectivity index (χ4n) is 9.88. The Bertz CT molecular complexity index is 1990. The summed E-state index contributed by atoms with van der Waals surface area (Å²) in [4.78, 5) is 4.69. The molecular formula is C24H16B9N2P2-2. The second-order valence-electron chi connectivity index (χ2n) is 12.9. The van der Waals surface area contributed by atoms with Crippen molar-refractivity contribution in [3.63, 3.8) is 0 Å². The Kier molecular flexibility index (Phi) is 2.67. The molecule has 0 unspecified atom stereocenters. The summed E-state index contributed by atoms with van der Waals surface area (Å²) >= 11 is 0. The molecule has 13 rings (SSSR count). The molecule has 1 N–H and O–H groups in total. The number of rotatable bonds is 4. The van der Waals surface area contributed by atoms with Crippen LogP contribution >= 0.6 is 12.7 Å². The third-order valence-electron chi connectivity index (χ3n) is 12.0. The van der Waals surface area contributed by atoms with Crippen LogP contribution in [0.4, 0.5) is 0 Å². The maximum atomic E-state index is 4.69. The SMILES string of the molecule is [B]1B2B3[B-]P123NP12(c3ccccc3B3c4ccccc4-n4c5ccccc5c5cccc3c54)B3[B-]B1B32. The third kappa shape index (κ3) is 1.62. The topological polar surface area (TPSA) is 17.0 Å². The summed E-state index contributed by atoms with van der Waals surface area (Å²) in [6.07, 6.45) is 1.07. The van der Waals surface area contributed by atoms with E-state index in [1.807, 2.05) is 0 Å². The van der Waals surface area contributed by atoms with Crippen molar-refractivity contribution >= 4 is 115 Å². The average molecular weight is 492 g/mol. The number of para-hydroxylation sites is 3. The first-order valence-electron chi connectivity index (χ1n) is 13.8. The standard InChI is InChI=1S/C24H16B9N2P2/c1-4-13-21-16(8-1)17-9-7-12-20-24(17)35(21)22-14-5-2-10-18(22)28(20)19-11-3-6-15-23(19)36(29-25-30(36)33(29)36)34-37-26-31(37)32(37)27-37/h1-15,34H/q-2. The number of benzene rings is 4. The van der Waals surface area contributed by atoms with E-state index in [1.54, 1.807) is 10.8 Å². The molecule has 0 aliphatic carbocycles. The van der Waals surface area contributed by atoms with Crippen LogP contribution in [0.1, 0.15) is 0 Å². The molecule has 2 bridgehead atoms. The van der Waals surface area contributed by atoms with E-state index in [4.69, 9.17) is 4.86 Å². The van der Waals surface area contributed by atoms with Crippen LogP contribution in [-0.2, 0) is 0 Å². The van der Waals surface area contributed by atoms with Crippen LogP contribution in [-0.4, -0.2) is 63.2 Å². The van der Waals surface area contributed by atoms with Gasteiger partial charge < -0.3 is 0 Å². The zero-order chi connectivity index (χ0) is 23.6. The van der Waals surface area contributed by atoms with Crippen LogP contribution in [0.25, 0.3) is 27.5 Å². The Balaban J connectivity index is 1.17. The molecule has 7 saturated heterocycles. The van der Waals surface area contributed by atoms with Crippen LogP contribution in [0.15, 0.2) is 91.0 Å². The molecule has 2 nitrogen and oxygen atoms in total. The Morgan fingerprint density at radius 2 is 1.43 bits per heavy atom. The first kappa shape index (κ1) is 19.2. The first-order valence-corrected chi connectivity index (χ1v) is 18.8. The summed E-state index contributed by atoms with van der Waals surface area (Å²) in [5, 5.41) is 4.49. The second-order valence-corrected chi connectivity index (χ2v) is 23.3. The Labute approximate surface area is 220 Å². The minimum atomic E-state index is -2.01. The molecule has 4 aromatic carbocycles. The number of hydrogen-bond donors (Lipinski definition) is 1. The van der Waals surface area contributed by atoms with Gasteiger partial charge in [0.15, 0.2) is 0 Å². The Morgan fingerprint density at radius 3 is 2.19 bits per heavy atom. The monoisotopic (exact) mass is 493 g/mol. The van der Waals surface area contributed by atoms with Crippen molar-refractivity contribution in [2.75, 3.05) is 0 Å². The molecule has 13 heteroatoms. The molecule has 161 valence electrons. The van der Waals surface area contributed by atoms with Crippen LogP contribution in [0.5, 0.6) is 0 Å². The van der Waals surface area contributed by atoms with E-state index >= 15 is 0 Å². The average Bonchev–Trinajstić information content (AvgIpc) is 3.87. The maximum absolute atomic E-state index is 4.69. The molecule has 0 amide bonds. The van der Waals surface area contributed by atoms with Gasteiger partial charge in [-0.25, -0.2) is 0 Å². The van der Waals surface area contributed by atoms with Crippen LogP contribution in [0.3, 0.4) is 0 Å². The van der Waals surface area contributed by atoms with Gasteiger partial charge in [-0.3, -0.25) is 0 Å². The number of nitrogens with zero attached hydrogens (tertiary/aromatic N) is 1. The normalized spacial score (nSPS) is 26.8. The molecule has 1 aromatic heterocycles. The van der Waals surface area contributed by atoms with Gasteiger partial charge in [-0.2, -0.15) is 0 Å². The van der Waals surface area contributed by atoms with E-state index in [9.17, 15) is 0 Å². The van der Waals surface area contributed by atoms with Gasteiger partial charge in [-0.15, -0.1) is 0 Å². The van der Waals surface area contributed by atoms with Gasteiger partial charge in [-0.05, 0) is 0 Å². The van der Waals surface area contributed by atoms with E-state index in [1.165, 1.54) is 38.4 Å². The molecule has 0 saturated carbocycles. The number of fused-ring (bicyclic) bond motifs is 6. The molecule has 8 aliphatic heterocycles. The zero-order valence-electron chi connectivity index (χ0n) is 20.2. The van der Waals surface area contributed by atoms with E-state index in [0.717, 1.165) is 31.1 Å². The minimum absolute atomic E-state index is 0.278. The van der Waals surface area contributed by atoms with E-state index in [-0.39, 0.29) is 6.71 Å². The molecule has 0 atom stereocenters. The summed E-state index contributed by atoms with van der Waals surface area (Å²) in [6, 6.07) is 34.9. The van der Waals surface area contributed by atoms with Gasteiger partial charge in [0.25, 0.3) is 0 Å². The fourth-order valence-corrected chi connectivity index (χ4v) is 29.4. The molecule has 8 aliphatic rings. The molecule has 5 aromatic rings. The van der Waals surface area contributed by atoms with Crippen LogP contribution in [0, 0.1) is 0 Å². The zero-order valence-corrected chi connectivity index (χ0v) is 22.0. The van der Waals surface area contributed by atoms with Crippen LogP contribution < -0.4 is 26.6 Å². The summed E-state index contributed by atoms with van der Waals surface area (Å²) in [7, 11) is 2.71. The predicted octanol–water partition coefficient (Wildman–Crippen LogP) is 0.968. The van der Waals surface area contributed by atoms with Crippen molar-refractivity contribution in [3.05, 3.63) is 91.0 Å². The molecule has 5 radical (unpaired) electrons. The van der Waals surface area contributed by atoms with Gasteiger partial charge >= 0.3 is 221 Å². The number of hydrogen-bond acceptors (Lipinski definition) is 1. The van der Waals surface area contributed by atoms with E-state index < -0.39 is 12.7 Å². The molecular weight excluding hydrogens is 476 g/mol. The van der Waals surface area contributed by atoms with Crippen molar-refractivity contribution in [2.24, 2.45) is 0 Å². The quantitative estimate of drug-likeness (QED) is 0.287. The van der Waals surface area contributed by atoms with Crippen molar-refractivity contribution in [1.82, 2.24) is 9.42 Å². The summed E-state index contributed by atoms with van der Waals surface area (Å²) in [5.41, 5.74) is 8.59. The Hall–Kier alpha value is -1.92. The summed E-state index contributed by atoms with van der Waals surface area (Å²) in [5.74, 6) is 0. The summed E-state index contributed by atoms with van der Waals surface area (Å²) in [6.45, 7) is 5.78. The molecule has 1 spiro atoms. The van der Waals surface area contributed by atoms with Gasteiger partial charge in [0.1, 0.15) is 0 Å². The molecule has 7 fully saturated rings. The number of aromatic nitrogens is 1. The van der Waals surface area contributed by atoms with Crippen molar-refractivity contribution in [2.45, 2.75) is 0 Å². The first-order chi connectivity index (χ1) is 18.2. The predicted molar refractivity (Wildman–Crippen MR) is 175 cm³/mol. The summed E-state index contributed by atoms with van der Waals surface area (Å²) < 4.78 is 2.54. The van der Waals surface area contributed by atoms with Crippen LogP contribution in [0.2, 0.25) is 0 Å². The van der Waals surface area contributed by atoms with E-state index in [2.05, 4.69) is 116 Å². The number of nitrogens with one attached hydrogen (secondary N) is 1.